The molecule has 0 spiro atoms. The van der Waals surface area contributed by atoms with Gasteiger partial charge in [0.25, 0.3) is 0 Å². The molecule has 1 aliphatic heterocycles. The molecule has 0 aromatic carbocycles. The van der Waals surface area contributed by atoms with Crippen LogP contribution in [-0.2, 0) is 16.0 Å². The lowest BCUT2D eigenvalue weighted by Crippen LogP contribution is -2.37. The number of aliphatic imine (C=N–C) groups is 1. The first-order valence-corrected chi connectivity index (χ1v) is 9.60. The minimum absolute atomic E-state index is 0.277. The van der Waals surface area contributed by atoms with E-state index in [-0.39, 0.29) is 6.10 Å². The Labute approximate surface area is 157 Å². The van der Waals surface area contributed by atoms with Crippen LogP contribution < -0.4 is 15.5 Å². The molecule has 146 valence electrons. The van der Waals surface area contributed by atoms with Crippen molar-refractivity contribution < 1.29 is 9.47 Å². The average Bonchev–Trinajstić information content (AvgIpc) is 3.19. The summed E-state index contributed by atoms with van der Waals surface area (Å²) in [5.41, 5.74) is 1.13. The molecule has 0 radical (unpaired) electrons. The molecule has 7 heteroatoms. The molecule has 1 aromatic heterocycles. The largest absolute Gasteiger partial charge is 0.379 e. The van der Waals surface area contributed by atoms with Crippen LogP contribution >= 0.6 is 0 Å². The molecule has 1 atom stereocenters. The molecule has 2 heterocycles. The molecule has 1 aromatic rings. The molecule has 26 heavy (non-hydrogen) atoms. The maximum atomic E-state index is 5.76. The lowest BCUT2D eigenvalue weighted by molar-refractivity contribution is 0.0420. The minimum atomic E-state index is 0.277. The zero-order valence-corrected chi connectivity index (χ0v) is 16.3. The van der Waals surface area contributed by atoms with Gasteiger partial charge in [-0.1, -0.05) is 6.07 Å². The van der Waals surface area contributed by atoms with Crippen molar-refractivity contribution in [2.75, 3.05) is 51.4 Å². The van der Waals surface area contributed by atoms with Crippen molar-refractivity contribution in [3.05, 3.63) is 23.9 Å². The van der Waals surface area contributed by atoms with Crippen LogP contribution in [0.5, 0.6) is 0 Å². The number of ether oxygens (including phenoxy) is 2. The zero-order chi connectivity index (χ0) is 18.6. The van der Waals surface area contributed by atoms with E-state index in [0.29, 0.717) is 6.54 Å². The number of hydrogen-bond donors (Lipinski definition) is 2. The molecule has 2 N–H and O–H groups in total. The highest BCUT2D eigenvalue weighted by atomic mass is 16.5. The van der Waals surface area contributed by atoms with Gasteiger partial charge in [0.05, 0.1) is 12.7 Å². The van der Waals surface area contributed by atoms with E-state index in [9.17, 15) is 0 Å². The van der Waals surface area contributed by atoms with E-state index in [4.69, 9.17) is 9.47 Å². The normalized spacial score (nSPS) is 17.3. The number of pyridine rings is 1. The molecular weight excluding hydrogens is 330 g/mol. The average molecular weight is 364 g/mol. The van der Waals surface area contributed by atoms with E-state index in [0.717, 1.165) is 69.6 Å². The summed E-state index contributed by atoms with van der Waals surface area (Å²) in [6.07, 6.45) is 4.15. The van der Waals surface area contributed by atoms with E-state index in [1.807, 2.05) is 6.20 Å². The lowest BCUT2D eigenvalue weighted by Gasteiger charge is -2.19. The highest BCUT2D eigenvalue weighted by molar-refractivity contribution is 5.79. The van der Waals surface area contributed by atoms with Gasteiger partial charge in [0, 0.05) is 52.6 Å². The lowest BCUT2D eigenvalue weighted by atomic mass is 10.2. The van der Waals surface area contributed by atoms with E-state index in [1.165, 1.54) is 0 Å². The first-order valence-electron chi connectivity index (χ1n) is 9.60. The van der Waals surface area contributed by atoms with Crippen molar-refractivity contribution in [2.45, 2.75) is 39.3 Å². The Bertz CT molecular complexity index is 525. The van der Waals surface area contributed by atoms with Crippen molar-refractivity contribution in [2.24, 2.45) is 4.99 Å². The Balaban J connectivity index is 1.64. The van der Waals surface area contributed by atoms with E-state index in [2.05, 4.69) is 51.5 Å². The fourth-order valence-electron chi connectivity index (χ4n) is 2.84. The number of nitrogens with zero attached hydrogens (tertiary/aromatic N) is 3. The molecule has 0 saturated carbocycles. The second-order valence-corrected chi connectivity index (χ2v) is 6.26. The number of anilines is 1. The van der Waals surface area contributed by atoms with Gasteiger partial charge >= 0.3 is 0 Å². The Morgan fingerprint density at radius 3 is 2.81 bits per heavy atom. The van der Waals surface area contributed by atoms with Crippen LogP contribution in [0.25, 0.3) is 0 Å². The van der Waals surface area contributed by atoms with Crippen LogP contribution in [0.2, 0.25) is 0 Å². The molecule has 1 fully saturated rings. The summed E-state index contributed by atoms with van der Waals surface area (Å²) < 4.78 is 11.1. The molecule has 1 saturated heterocycles. The van der Waals surface area contributed by atoms with Crippen LogP contribution in [0.3, 0.4) is 0 Å². The molecule has 7 nitrogen and oxygen atoms in total. The van der Waals surface area contributed by atoms with Gasteiger partial charge in [0.1, 0.15) is 5.82 Å². The molecule has 2 rings (SSSR count). The molecule has 1 aliphatic rings. The maximum Gasteiger partial charge on any atom is 0.191 e. The van der Waals surface area contributed by atoms with Gasteiger partial charge in [-0.2, -0.15) is 0 Å². The maximum absolute atomic E-state index is 5.76. The molecule has 0 bridgehead atoms. The van der Waals surface area contributed by atoms with Crippen LogP contribution in [-0.4, -0.2) is 63.6 Å². The molecule has 0 aliphatic carbocycles. The fraction of sp³-hybridized carbons (Fsp3) is 0.684. The smallest absolute Gasteiger partial charge is 0.191 e. The van der Waals surface area contributed by atoms with Gasteiger partial charge in [-0.05, 0) is 38.3 Å². The van der Waals surface area contributed by atoms with E-state index in [1.54, 1.807) is 7.05 Å². The Hall–Kier alpha value is -1.86. The summed E-state index contributed by atoms with van der Waals surface area (Å²) in [7, 11) is 1.78. The predicted octanol–water partition coefficient (Wildman–Crippen LogP) is 1.79. The molecule has 0 amide bonds. The molecule has 1 unspecified atom stereocenters. The van der Waals surface area contributed by atoms with Gasteiger partial charge < -0.3 is 25.0 Å². The van der Waals surface area contributed by atoms with Gasteiger partial charge in [-0.3, -0.25) is 4.99 Å². The van der Waals surface area contributed by atoms with E-state index < -0.39 is 0 Å². The second-order valence-electron chi connectivity index (χ2n) is 6.26. The van der Waals surface area contributed by atoms with Crippen molar-refractivity contribution in [3.63, 3.8) is 0 Å². The first-order chi connectivity index (χ1) is 12.8. The van der Waals surface area contributed by atoms with Crippen molar-refractivity contribution >= 4 is 11.8 Å². The second kappa shape index (κ2) is 11.7. The Morgan fingerprint density at radius 1 is 1.35 bits per heavy atom. The van der Waals surface area contributed by atoms with Gasteiger partial charge in [-0.25, -0.2) is 4.98 Å². The summed E-state index contributed by atoms with van der Waals surface area (Å²) in [6.45, 7) is 10.0. The van der Waals surface area contributed by atoms with E-state index >= 15 is 0 Å². The SMILES string of the molecule is CCN(CC)c1ccc(CNC(=NC)NCCCOC2CCOC2)cn1. The summed E-state index contributed by atoms with van der Waals surface area (Å²) in [4.78, 5) is 11.0. The number of aromatic nitrogens is 1. The summed E-state index contributed by atoms with van der Waals surface area (Å²) in [5.74, 6) is 1.82. The Kier molecular flexibility index (Phi) is 9.20. The number of nitrogens with one attached hydrogen (secondary N) is 2. The number of rotatable bonds is 10. The highest BCUT2D eigenvalue weighted by Gasteiger charge is 2.15. The first kappa shape index (κ1) is 20.5. The van der Waals surface area contributed by atoms with Crippen molar-refractivity contribution in [1.82, 2.24) is 15.6 Å². The summed E-state index contributed by atoms with van der Waals surface area (Å²) >= 11 is 0. The van der Waals surface area contributed by atoms with Crippen LogP contribution in [0.4, 0.5) is 5.82 Å². The third kappa shape index (κ3) is 6.80. The van der Waals surface area contributed by atoms with Gasteiger partial charge in [-0.15, -0.1) is 0 Å². The Morgan fingerprint density at radius 2 is 2.19 bits per heavy atom. The minimum Gasteiger partial charge on any atom is -0.379 e. The third-order valence-electron chi connectivity index (χ3n) is 4.44. The van der Waals surface area contributed by atoms with Crippen LogP contribution in [0, 0.1) is 0 Å². The van der Waals surface area contributed by atoms with Crippen LogP contribution in [0.15, 0.2) is 23.3 Å². The standard InChI is InChI=1S/C19H33N5O2/c1-4-24(5-2)18-8-7-16(13-22-18)14-23-19(20-3)21-10-6-11-26-17-9-12-25-15-17/h7-8,13,17H,4-6,9-12,14-15H2,1-3H3,(H2,20,21,23). The predicted molar refractivity (Wildman–Crippen MR) is 106 cm³/mol. The third-order valence-corrected chi connectivity index (χ3v) is 4.44. The zero-order valence-electron chi connectivity index (χ0n) is 16.3. The monoisotopic (exact) mass is 363 g/mol. The summed E-state index contributed by atoms with van der Waals surface area (Å²) in [6, 6.07) is 4.18. The highest BCUT2D eigenvalue weighted by Crippen LogP contribution is 2.10. The quantitative estimate of drug-likeness (QED) is 0.375. The molecular formula is C19H33N5O2. The van der Waals surface area contributed by atoms with Crippen LogP contribution in [0.1, 0.15) is 32.3 Å². The number of hydrogen-bond acceptors (Lipinski definition) is 5. The fourth-order valence-corrected chi connectivity index (χ4v) is 2.84. The van der Waals surface area contributed by atoms with Gasteiger partial charge in [0.15, 0.2) is 5.96 Å². The number of guanidine groups is 1. The van der Waals surface area contributed by atoms with Gasteiger partial charge in [0.2, 0.25) is 0 Å². The summed E-state index contributed by atoms with van der Waals surface area (Å²) in [5, 5.41) is 6.63. The van der Waals surface area contributed by atoms with Crippen molar-refractivity contribution in [1.29, 1.82) is 0 Å². The topological polar surface area (TPSA) is 71.0 Å². The van der Waals surface area contributed by atoms with Crippen molar-refractivity contribution in [3.8, 4) is 0 Å².